The number of hydrogen-bond donors (Lipinski definition) is 0. The maximum atomic E-state index is 12.7. The van der Waals surface area contributed by atoms with Gasteiger partial charge in [0.15, 0.2) is 0 Å². The van der Waals surface area contributed by atoms with Crippen LogP contribution in [0.25, 0.3) is 11.0 Å². The third-order valence-corrected chi connectivity index (χ3v) is 3.32. The SMILES string of the molecule is Cc1oc2cc(OC(C)C)ccc2c(=O)c1Oc1ccccc1. The Morgan fingerprint density at radius 2 is 1.74 bits per heavy atom. The van der Waals surface area contributed by atoms with Gasteiger partial charge in [-0.2, -0.15) is 0 Å². The van der Waals surface area contributed by atoms with Gasteiger partial charge in [0.05, 0.1) is 11.5 Å². The van der Waals surface area contributed by atoms with Gasteiger partial charge in [-0.15, -0.1) is 0 Å². The van der Waals surface area contributed by atoms with Crippen molar-refractivity contribution in [3.05, 3.63) is 64.5 Å². The summed E-state index contributed by atoms with van der Waals surface area (Å²) in [6.45, 7) is 5.61. The van der Waals surface area contributed by atoms with Crippen LogP contribution in [0.2, 0.25) is 0 Å². The van der Waals surface area contributed by atoms with E-state index in [-0.39, 0.29) is 17.3 Å². The first-order chi connectivity index (χ1) is 11.0. The van der Waals surface area contributed by atoms with Gasteiger partial charge in [0.1, 0.15) is 22.8 Å². The molecule has 0 fully saturated rings. The van der Waals surface area contributed by atoms with Crippen molar-refractivity contribution in [2.45, 2.75) is 26.9 Å². The highest BCUT2D eigenvalue weighted by molar-refractivity contribution is 5.79. The van der Waals surface area contributed by atoms with Crippen molar-refractivity contribution in [2.75, 3.05) is 0 Å². The molecular weight excluding hydrogens is 292 g/mol. The van der Waals surface area contributed by atoms with E-state index in [4.69, 9.17) is 13.9 Å². The highest BCUT2D eigenvalue weighted by atomic mass is 16.5. The molecule has 0 aliphatic rings. The van der Waals surface area contributed by atoms with E-state index in [2.05, 4.69) is 0 Å². The molecule has 3 aromatic rings. The lowest BCUT2D eigenvalue weighted by molar-refractivity contribution is 0.242. The van der Waals surface area contributed by atoms with Gasteiger partial charge in [0.25, 0.3) is 0 Å². The minimum Gasteiger partial charge on any atom is -0.491 e. The molecule has 0 unspecified atom stereocenters. The molecule has 0 saturated carbocycles. The highest BCUT2D eigenvalue weighted by Crippen LogP contribution is 2.27. The van der Waals surface area contributed by atoms with Crippen LogP contribution in [0.5, 0.6) is 17.2 Å². The Kier molecular flexibility index (Phi) is 4.06. The molecule has 0 amide bonds. The number of benzene rings is 2. The third-order valence-electron chi connectivity index (χ3n) is 3.32. The summed E-state index contributed by atoms with van der Waals surface area (Å²) in [7, 11) is 0. The van der Waals surface area contributed by atoms with E-state index in [1.54, 1.807) is 37.3 Å². The Bertz CT molecular complexity index is 879. The topological polar surface area (TPSA) is 48.7 Å². The molecule has 23 heavy (non-hydrogen) atoms. The van der Waals surface area contributed by atoms with Gasteiger partial charge in [0.2, 0.25) is 11.2 Å². The van der Waals surface area contributed by atoms with Crippen LogP contribution in [0.3, 0.4) is 0 Å². The van der Waals surface area contributed by atoms with Crippen LogP contribution in [0, 0.1) is 6.92 Å². The van der Waals surface area contributed by atoms with Crippen molar-refractivity contribution in [3.8, 4) is 17.2 Å². The summed E-state index contributed by atoms with van der Waals surface area (Å²) >= 11 is 0. The monoisotopic (exact) mass is 310 g/mol. The summed E-state index contributed by atoms with van der Waals surface area (Å²) in [4.78, 5) is 12.7. The summed E-state index contributed by atoms with van der Waals surface area (Å²) in [5, 5.41) is 0.470. The number of rotatable bonds is 4. The van der Waals surface area contributed by atoms with Crippen molar-refractivity contribution in [1.82, 2.24) is 0 Å². The Morgan fingerprint density at radius 1 is 1.00 bits per heavy atom. The number of fused-ring (bicyclic) bond motifs is 1. The Balaban J connectivity index is 2.06. The summed E-state index contributed by atoms with van der Waals surface area (Å²) in [6, 6.07) is 14.4. The molecule has 4 heteroatoms. The molecule has 0 atom stereocenters. The summed E-state index contributed by atoms with van der Waals surface area (Å²) in [5.41, 5.74) is 0.301. The summed E-state index contributed by atoms with van der Waals surface area (Å²) < 4.78 is 17.1. The van der Waals surface area contributed by atoms with E-state index in [1.165, 1.54) is 0 Å². The second kappa shape index (κ2) is 6.16. The van der Waals surface area contributed by atoms with Crippen LogP contribution in [-0.4, -0.2) is 6.10 Å². The van der Waals surface area contributed by atoms with Gasteiger partial charge < -0.3 is 13.9 Å². The molecule has 1 heterocycles. The molecule has 0 spiro atoms. The lowest BCUT2D eigenvalue weighted by atomic mass is 10.2. The molecule has 1 aromatic heterocycles. The van der Waals surface area contributed by atoms with Crippen LogP contribution >= 0.6 is 0 Å². The Hall–Kier alpha value is -2.75. The Labute approximate surface area is 134 Å². The van der Waals surface area contributed by atoms with Crippen molar-refractivity contribution < 1.29 is 13.9 Å². The minimum atomic E-state index is -0.191. The predicted octanol–water partition coefficient (Wildman–Crippen LogP) is 4.68. The smallest absolute Gasteiger partial charge is 0.235 e. The maximum Gasteiger partial charge on any atom is 0.235 e. The summed E-state index contributed by atoms with van der Waals surface area (Å²) in [5.74, 6) is 1.92. The van der Waals surface area contributed by atoms with E-state index >= 15 is 0 Å². The second-order valence-electron chi connectivity index (χ2n) is 5.56. The molecule has 4 nitrogen and oxygen atoms in total. The lowest BCUT2D eigenvalue weighted by Gasteiger charge is -2.11. The number of aryl methyl sites for hydroxylation is 1. The van der Waals surface area contributed by atoms with Crippen LogP contribution < -0.4 is 14.9 Å². The lowest BCUT2D eigenvalue weighted by Crippen LogP contribution is -2.08. The Morgan fingerprint density at radius 3 is 2.43 bits per heavy atom. The molecule has 0 radical (unpaired) electrons. The molecule has 0 N–H and O–H groups in total. The first-order valence-corrected chi connectivity index (χ1v) is 7.51. The van der Waals surface area contributed by atoms with Crippen molar-refractivity contribution in [2.24, 2.45) is 0 Å². The fourth-order valence-corrected chi connectivity index (χ4v) is 2.34. The molecule has 0 aliphatic carbocycles. The van der Waals surface area contributed by atoms with Gasteiger partial charge in [-0.05, 0) is 45.0 Å². The predicted molar refractivity (Wildman–Crippen MR) is 89.5 cm³/mol. The van der Waals surface area contributed by atoms with E-state index in [0.29, 0.717) is 28.2 Å². The van der Waals surface area contributed by atoms with E-state index in [9.17, 15) is 4.79 Å². The van der Waals surface area contributed by atoms with Gasteiger partial charge in [-0.1, -0.05) is 18.2 Å². The molecule has 118 valence electrons. The van der Waals surface area contributed by atoms with Gasteiger partial charge in [-0.3, -0.25) is 4.79 Å². The third kappa shape index (κ3) is 3.21. The van der Waals surface area contributed by atoms with Gasteiger partial charge in [0, 0.05) is 6.07 Å². The van der Waals surface area contributed by atoms with Crippen LogP contribution in [0.4, 0.5) is 0 Å². The fourth-order valence-electron chi connectivity index (χ4n) is 2.34. The van der Waals surface area contributed by atoms with Crippen LogP contribution in [-0.2, 0) is 0 Å². The molecule has 0 bridgehead atoms. The average molecular weight is 310 g/mol. The zero-order valence-corrected chi connectivity index (χ0v) is 13.3. The van der Waals surface area contributed by atoms with E-state index in [1.807, 2.05) is 32.0 Å². The van der Waals surface area contributed by atoms with E-state index < -0.39 is 0 Å². The number of hydrogen-bond acceptors (Lipinski definition) is 4. The van der Waals surface area contributed by atoms with Gasteiger partial charge >= 0.3 is 0 Å². The standard InChI is InChI=1S/C19H18O4/c1-12(2)21-15-9-10-16-17(11-15)22-13(3)19(18(16)20)23-14-7-5-4-6-8-14/h4-12H,1-3H3. The number of ether oxygens (including phenoxy) is 2. The first-order valence-electron chi connectivity index (χ1n) is 7.51. The zero-order chi connectivity index (χ0) is 16.4. The average Bonchev–Trinajstić information content (AvgIpc) is 2.51. The van der Waals surface area contributed by atoms with Crippen LogP contribution in [0.15, 0.2) is 57.7 Å². The first kappa shape index (κ1) is 15.2. The number of para-hydroxylation sites is 1. The molecule has 0 saturated heterocycles. The van der Waals surface area contributed by atoms with Gasteiger partial charge in [-0.25, -0.2) is 0 Å². The maximum absolute atomic E-state index is 12.7. The minimum absolute atomic E-state index is 0.0564. The van der Waals surface area contributed by atoms with Crippen LogP contribution in [0.1, 0.15) is 19.6 Å². The zero-order valence-electron chi connectivity index (χ0n) is 13.3. The van der Waals surface area contributed by atoms with Crippen molar-refractivity contribution >= 4 is 11.0 Å². The van der Waals surface area contributed by atoms with E-state index in [0.717, 1.165) is 0 Å². The normalized spacial score (nSPS) is 11.0. The molecular formula is C19H18O4. The highest BCUT2D eigenvalue weighted by Gasteiger charge is 2.14. The van der Waals surface area contributed by atoms with Crippen molar-refractivity contribution in [1.29, 1.82) is 0 Å². The molecule has 3 rings (SSSR count). The molecule has 0 aliphatic heterocycles. The molecule has 2 aromatic carbocycles. The second-order valence-corrected chi connectivity index (χ2v) is 5.56. The quantitative estimate of drug-likeness (QED) is 0.702. The summed E-state index contributed by atoms with van der Waals surface area (Å²) in [6.07, 6.45) is 0.0564. The van der Waals surface area contributed by atoms with Crippen molar-refractivity contribution in [3.63, 3.8) is 0 Å². The fraction of sp³-hybridized carbons (Fsp3) is 0.211. The largest absolute Gasteiger partial charge is 0.491 e.